The predicted octanol–water partition coefficient (Wildman–Crippen LogP) is 4.56. The third-order valence-corrected chi connectivity index (χ3v) is 9.91. The van der Waals surface area contributed by atoms with Crippen molar-refractivity contribution in [3.8, 4) is 11.1 Å². The van der Waals surface area contributed by atoms with E-state index in [9.17, 15) is 4.79 Å². The Hall–Kier alpha value is -2.64. The molecule has 2 atom stereocenters. The number of primary amides is 1. The van der Waals surface area contributed by atoms with Crippen LogP contribution in [0, 0.1) is 17.8 Å². The lowest BCUT2D eigenvalue weighted by atomic mass is 9.68. The molecule has 2 aromatic rings. The molecule has 0 spiro atoms. The summed E-state index contributed by atoms with van der Waals surface area (Å²) in [6.07, 6.45) is 9.71. The minimum absolute atomic E-state index is 0.0912. The van der Waals surface area contributed by atoms with E-state index in [2.05, 4.69) is 57.2 Å². The number of amides is 1. The van der Waals surface area contributed by atoms with Crippen LogP contribution in [-0.2, 0) is 9.53 Å². The average molecular weight is 532 g/mol. The molecule has 1 aromatic carbocycles. The molecule has 4 fully saturated rings. The molecule has 1 aromatic heterocycles. The molecule has 6 rings (SSSR count). The van der Waals surface area contributed by atoms with E-state index in [1.807, 2.05) is 0 Å². The highest BCUT2D eigenvalue weighted by atomic mass is 16.5. The summed E-state index contributed by atoms with van der Waals surface area (Å²) < 4.78 is 5.61. The summed E-state index contributed by atoms with van der Waals surface area (Å²) in [4.78, 5) is 24.6. The van der Waals surface area contributed by atoms with E-state index in [-0.39, 0.29) is 11.8 Å². The number of carbonyl (C=O) groups excluding carboxylic acids is 1. The summed E-state index contributed by atoms with van der Waals surface area (Å²) in [5, 5.41) is 0. The number of anilines is 2. The molecule has 2 unspecified atom stereocenters. The summed E-state index contributed by atoms with van der Waals surface area (Å²) in [5.41, 5.74) is 8.11. The van der Waals surface area contributed by atoms with Crippen molar-refractivity contribution in [2.75, 3.05) is 62.3 Å². The number of aromatic nitrogens is 1. The van der Waals surface area contributed by atoms with Crippen molar-refractivity contribution in [2.45, 2.75) is 57.4 Å². The topological polar surface area (TPSA) is 74.9 Å². The fourth-order valence-corrected chi connectivity index (χ4v) is 7.67. The van der Waals surface area contributed by atoms with Crippen LogP contribution in [0.15, 0.2) is 42.5 Å². The molecule has 0 radical (unpaired) electrons. The Labute approximate surface area is 233 Å². The van der Waals surface area contributed by atoms with Crippen LogP contribution in [0.25, 0.3) is 11.1 Å². The van der Waals surface area contributed by atoms with Gasteiger partial charge in [0.15, 0.2) is 0 Å². The largest absolute Gasteiger partial charge is 0.378 e. The molecule has 2 saturated heterocycles. The monoisotopic (exact) mass is 531 g/mol. The Balaban J connectivity index is 1.15. The number of hydrogen-bond acceptors (Lipinski definition) is 6. The Bertz CT molecular complexity index is 1090. The van der Waals surface area contributed by atoms with Crippen LogP contribution < -0.4 is 15.5 Å². The SMILES string of the molecule is NC(=O)C1CCC(C2CCCCC2N2CCN(c3cc(-c4ccccc4)cc(N4CCOCC4)n3)CC2)CC1. The number of nitrogens with zero attached hydrogens (tertiary/aromatic N) is 4. The highest BCUT2D eigenvalue weighted by molar-refractivity contribution is 5.76. The van der Waals surface area contributed by atoms with Crippen molar-refractivity contribution < 1.29 is 9.53 Å². The van der Waals surface area contributed by atoms with Crippen LogP contribution in [0.2, 0.25) is 0 Å². The molecule has 7 nitrogen and oxygen atoms in total. The number of piperazine rings is 1. The highest BCUT2D eigenvalue weighted by Crippen LogP contribution is 2.42. The van der Waals surface area contributed by atoms with Gasteiger partial charge in [0.25, 0.3) is 0 Å². The van der Waals surface area contributed by atoms with Crippen LogP contribution in [0.1, 0.15) is 51.4 Å². The van der Waals surface area contributed by atoms with E-state index in [0.717, 1.165) is 88.8 Å². The Kier molecular flexibility index (Phi) is 8.35. The van der Waals surface area contributed by atoms with E-state index in [0.29, 0.717) is 6.04 Å². The van der Waals surface area contributed by atoms with Crippen molar-refractivity contribution in [3.63, 3.8) is 0 Å². The molecule has 3 heterocycles. The molecular weight excluding hydrogens is 486 g/mol. The van der Waals surface area contributed by atoms with Gasteiger partial charge in [-0.05, 0) is 73.6 Å². The summed E-state index contributed by atoms with van der Waals surface area (Å²) >= 11 is 0. The number of ether oxygens (including phenoxy) is 1. The lowest BCUT2D eigenvalue weighted by Gasteiger charge is -2.48. The maximum absolute atomic E-state index is 11.7. The lowest BCUT2D eigenvalue weighted by Crippen LogP contribution is -2.54. The predicted molar refractivity (Wildman–Crippen MR) is 157 cm³/mol. The summed E-state index contributed by atoms with van der Waals surface area (Å²) in [6.45, 7) is 7.54. The van der Waals surface area contributed by atoms with Crippen molar-refractivity contribution in [2.24, 2.45) is 23.5 Å². The van der Waals surface area contributed by atoms with Gasteiger partial charge in [-0.2, -0.15) is 0 Å². The summed E-state index contributed by atoms with van der Waals surface area (Å²) in [5.74, 6) is 3.70. The van der Waals surface area contributed by atoms with Crippen LogP contribution in [0.5, 0.6) is 0 Å². The number of morpholine rings is 1. The second-order valence-corrected chi connectivity index (χ2v) is 12.1. The molecule has 2 N–H and O–H groups in total. The smallest absolute Gasteiger partial charge is 0.220 e. The third kappa shape index (κ3) is 6.09. The van der Waals surface area contributed by atoms with Gasteiger partial charge in [-0.15, -0.1) is 0 Å². The van der Waals surface area contributed by atoms with Gasteiger partial charge in [0.2, 0.25) is 5.91 Å². The number of nitrogens with two attached hydrogens (primary N) is 1. The molecule has 7 heteroatoms. The fourth-order valence-electron chi connectivity index (χ4n) is 7.67. The molecule has 2 aliphatic heterocycles. The zero-order valence-electron chi connectivity index (χ0n) is 23.3. The fraction of sp³-hybridized carbons (Fsp3) is 0.625. The first-order chi connectivity index (χ1) is 19.2. The van der Waals surface area contributed by atoms with Crippen molar-refractivity contribution in [1.29, 1.82) is 0 Å². The normalized spacial score (nSPS) is 28.8. The maximum Gasteiger partial charge on any atom is 0.220 e. The Morgan fingerprint density at radius 2 is 1.41 bits per heavy atom. The van der Waals surface area contributed by atoms with Crippen molar-refractivity contribution >= 4 is 17.5 Å². The van der Waals surface area contributed by atoms with Crippen LogP contribution >= 0.6 is 0 Å². The molecule has 2 aliphatic carbocycles. The van der Waals surface area contributed by atoms with Gasteiger partial charge in [0, 0.05) is 51.2 Å². The summed E-state index contributed by atoms with van der Waals surface area (Å²) in [7, 11) is 0. The van der Waals surface area contributed by atoms with Crippen LogP contribution in [-0.4, -0.2) is 74.3 Å². The van der Waals surface area contributed by atoms with Gasteiger partial charge in [-0.3, -0.25) is 9.69 Å². The first kappa shape index (κ1) is 26.6. The number of pyridine rings is 1. The van der Waals surface area contributed by atoms with Gasteiger partial charge in [-0.1, -0.05) is 43.2 Å². The first-order valence-electron chi connectivity index (χ1n) is 15.3. The second-order valence-electron chi connectivity index (χ2n) is 12.1. The third-order valence-electron chi connectivity index (χ3n) is 9.91. The zero-order chi connectivity index (χ0) is 26.6. The number of benzene rings is 1. The molecule has 39 heavy (non-hydrogen) atoms. The molecule has 2 saturated carbocycles. The highest BCUT2D eigenvalue weighted by Gasteiger charge is 2.38. The van der Waals surface area contributed by atoms with Gasteiger partial charge in [0.05, 0.1) is 13.2 Å². The second kappa shape index (κ2) is 12.3. The Morgan fingerprint density at radius 1 is 0.769 bits per heavy atom. The molecule has 1 amide bonds. The standard InChI is InChI=1S/C32H45N5O2/c33-32(38)26-12-10-25(11-13-26)28-8-4-5-9-29(28)35-14-16-36(17-15-35)30-22-27(24-6-2-1-3-7-24)23-31(34-30)37-18-20-39-21-19-37/h1-3,6-7,22-23,25-26,28-29H,4-5,8-21H2,(H2,33,38). The molecule has 4 aliphatic rings. The first-order valence-corrected chi connectivity index (χ1v) is 15.3. The van der Waals surface area contributed by atoms with E-state index >= 15 is 0 Å². The van der Waals surface area contributed by atoms with Crippen molar-refractivity contribution in [1.82, 2.24) is 9.88 Å². The minimum Gasteiger partial charge on any atom is -0.378 e. The number of hydrogen-bond donors (Lipinski definition) is 1. The minimum atomic E-state index is -0.0912. The van der Waals surface area contributed by atoms with Gasteiger partial charge >= 0.3 is 0 Å². The Morgan fingerprint density at radius 3 is 2.08 bits per heavy atom. The van der Waals surface area contributed by atoms with E-state index in [1.165, 1.54) is 49.7 Å². The summed E-state index contributed by atoms with van der Waals surface area (Å²) in [6, 6.07) is 15.9. The van der Waals surface area contributed by atoms with Crippen molar-refractivity contribution in [3.05, 3.63) is 42.5 Å². The molecule has 210 valence electrons. The van der Waals surface area contributed by atoms with E-state index in [1.54, 1.807) is 0 Å². The number of rotatable bonds is 6. The molecular formula is C32H45N5O2. The van der Waals surface area contributed by atoms with Crippen LogP contribution in [0.4, 0.5) is 11.6 Å². The quantitative estimate of drug-likeness (QED) is 0.589. The zero-order valence-corrected chi connectivity index (χ0v) is 23.3. The average Bonchev–Trinajstić information content (AvgIpc) is 3.02. The van der Waals surface area contributed by atoms with Gasteiger partial charge < -0.3 is 20.3 Å². The molecule has 0 bridgehead atoms. The number of carbonyl (C=O) groups is 1. The van der Waals surface area contributed by atoms with Gasteiger partial charge in [0.1, 0.15) is 11.6 Å². The van der Waals surface area contributed by atoms with Crippen LogP contribution in [0.3, 0.4) is 0 Å². The maximum atomic E-state index is 11.7. The van der Waals surface area contributed by atoms with E-state index < -0.39 is 0 Å². The van der Waals surface area contributed by atoms with E-state index in [4.69, 9.17) is 15.5 Å². The lowest BCUT2D eigenvalue weighted by molar-refractivity contribution is -0.123. The van der Waals surface area contributed by atoms with Gasteiger partial charge in [-0.25, -0.2) is 4.98 Å².